The van der Waals surface area contributed by atoms with Gasteiger partial charge in [-0.25, -0.2) is 15.0 Å². The topological polar surface area (TPSA) is 132 Å². The number of halogens is 5. The molecule has 3 rings (SSSR count). The standard InChI is InChI=1S/C20H19Cl2F3N6O3S/c1-9(30-18(34)15-14(22)16(26-4-5-32)29-8-28-15)19-27-7-13(35-19)17(33)31-10-2-3-12(21)11(6-10)20(23,24)25/h2-3,6-9,18,30,32,34H,4-5H2,1H3,(H,31,33)(H,26,28,29). The zero-order chi connectivity index (χ0) is 25.8. The molecule has 2 aromatic heterocycles. The van der Waals surface area contributed by atoms with Gasteiger partial charge in [0.1, 0.15) is 39.0 Å². The maximum Gasteiger partial charge on any atom is 0.417 e. The molecule has 0 aliphatic carbocycles. The van der Waals surface area contributed by atoms with Crippen LogP contribution in [-0.2, 0) is 6.18 Å². The lowest BCUT2D eigenvalue weighted by molar-refractivity contribution is -0.137. The Labute approximate surface area is 211 Å². The van der Waals surface area contributed by atoms with E-state index in [0.717, 1.165) is 23.5 Å². The van der Waals surface area contributed by atoms with E-state index in [0.29, 0.717) is 5.01 Å². The number of alkyl halides is 3. The first-order chi connectivity index (χ1) is 16.5. The Morgan fingerprint density at radius 3 is 2.66 bits per heavy atom. The first-order valence-electron chi connectivity index (χ1n) is 9.94. The van der Waals surface area contributed by atoms with Crippen molar-refractivity contribution in [2.75, 3.05) is 23.8 Å². The molecule has 0 fully saturated rings. The lowest BCUT2D eigenvalue weighted by atomic mass is 10.2. The average Bonchev–Trinajstić information content (AvgIpc) is 3.29. The number of carbonyl (C=O) groups is 1. The van der Waals surface area contributed by atoms with Crippen molar-refractivity contribution < 1.29 is 28.2 Å². The Kier molecular flexibility index (Phi) is 8.85. The number of hydrogen-bond donors (Lipinski definition) is 5. The normalized spacial score (nSPS) is 13.4. The molecule has 0 spiro atoms. The lowest BCUT2D eigenvalue weighted by Gasteiger charge is -2.18. The van der Waals surface area contributed by atoms with E-state index in [1.54, 1.807) is 6.92 Å². The van der Waals surface area contributed by atoms with Crippen LogP contribution in [-0.4, -0.2) is 44.2 Å². The van der Waals surface area contributed by atoms with Gasteiger partial charge < -0.3 is 20.8 Å². The molecule has 0 saturated heterocycles. The maximum atomic E-state index is 13.0. The quantitative estimate of drug-likeness (QED) is 0.250. The van der Waals surface area contributed by atoms with Gasteiger partial charge in [-0.3, -0.25) is 10.1 Å². The molecule has 2 heterocycles. The van der Waals surface area contributed by atoms with E-state index >= 15 is 0 Å². The number of nitrogens with one attached hydrogen (secondary N) is 3. The Morgan fingerprint density at radius 2 is 1.97 bits per heavy atom. The molecule has 0 radical (unpaired) electrons. The fraction of sp³-hybridized carbons (Fsp3) is 0.300. The van der Waals surface area contributed by atoms with Gasteiger partial charge in [0.2, 0.25) is 0 Å². The molecular formula is C20H19Cl2F3N6O3S. The number of aliphatic hydroxyl groups is 2. The second-order valence-corrected chi connectivity index (χ2v) is 8.92. The van der Waals surface area contributed by atoms with Gasteiger partial charge in [-0.15, -0.1) is 11.3 Å². The smallest absolute Gasteiger partial charge is 0.395 e. The molecule has 3 aromatic rings. The number of rotatable bonds is 9. The number of aromatic nitrogens is 3. The number of benzene rings is 1. The van der Waals surface area contributed by atoms with Crippen molar-refractivity contribution in [2.45, 2.75) is 25.4 Å². The number of carbonyl (C=O) groups excluding carboxylic acids is 1. The van der Waals surface area contributed by atoms with Crippen LogP contribution in [0.1, 0.15) is 45.1 Å². The van der Waals surface area contributed by atoms with Gasteiger partial charge in [-0.1, -0.05) is 23.2 Å². The molecule has 188 valence electrons. The third-order valence-corrected chi connectivity index (χ3v) is 6.42. The summed E-state index contributed by atoms with van der Waals surface area (Å²) in [5, 5.41) is 27.5. The first kappa shape index (κ1) is 27.0. The third kappa shape index (κ3) is 6.78. The fourth-order valence-electron chi connectivity index (χ4n) is 2.86. The molecule has 1 aromatic carbocycles. The summed E-state index contributed by atoms with van der Waals surface area (Å²) in [6, 6.07) is 2.50. The summed E-state index contributed by atoms with van der Waals surface area (Å²) in [5.41, 5.74) is -1.05. The lowest BCUT2D eigenvalue weighted by Crippen LogP contribution is -2.25. The highest BCUT2D eigenvalue weighted by molar-refractivity contribution is 7.13. The summed E-state index contributed by atoms with van der Waals surface area (Å²) in [5.74, 6) is -0.418. The Hall–Kier alpha value is -2.55. The highest BCUT2D eigenvalue weighted by Crippen LogP contribution is 2.36. The first-order valence-corrected chi connectivity index (χ1v) is 11.5. The van der Waals surface area contributed by atoms with Gasteiger partial charge in [0.05, 0.1) is 29.4 Å². The van der Waals surface area contributed by atoms with Crippen LogP contribution in [0.2, 0.25) is 10.0 Å². The Bertz CT molecular complexity index is 1200. The van der Waals surface area contributed by atoms with Crippen molar-refractivity contribution in [2.24, 2.45) is 0 Å². The van der Waals surface area contributed by atoms with Gasteiger partial charge in [0.15, 0.2) is 0 Å². The highest BCUT2D eigenvalue weighted by atomic mass is 35.5. The van der Waals surface area contributed by atoms with Gasteiger partial charge in [0, 0.05) is 12.2 Å². The Morgan fingerprint density at radius 1 is 1.23 bits per heavy atom. The third-order valence-electron chi connectivity index (χ3n) is 4.53. The SMILES string of the molecule is CC(NC(O)c1ncnc(NCCO)c1Cl)c1ncc(C(=O)Nc2ccc(Cl)c(C(F)(F)F)c2)s1. The van der Waals surface area contributed by atoms with Crippen molar-refractivity contribution in [1.82, 2.24) is 20.3 Å². The van der Waals surface area contributed by atoms with Crippen molar-refractivity contribution in [3.05, 3.63) is 61.9 Å². The minimum atomic E-state index is -4.67. The summed E-state index contributed by atoms with van der Waals surface area (Å²) >= 11 is 12.8. The zero-order valence-electron chi connectivity index (χ0n) is 17.9. The number of aliphatic hydroxyl groups excluding tert-OH is 2. The van der Waals surface area contributed by atoms with Crippen LogP contribution in [0.5, 0.6) is 0 Å². The van der Waals surface area contributed by atoms with E-state index in [2.05, 4.69) is 30.9 Å². The fourth-order valence-corrected chi connectivity index (χ4v) is 4.18. The number of nitrogens with zero attached hydrogens (tertiary/aromatic N) is 3. The van der Waals surface area contributed by atoms with Crippen LogP contribution in [0.4, 0.5) is 24.7 Å². The van der Waals surface area contributed by atoms with E-state index in [9.17, 15) is 23.1 Å². The molecule has 0 aliphatic heterocycles. The van der Waals surface area contributed by atoms with E-state index in [-0.39, 0.29) is 40.3 Å². The van der Waals surface area contributed by atoms with Crippen LogP contribution < -0.4 is 16.0 Å². The van der Waals surface area contributed by atoms with Gasteiger partial charge in [-0.2, -0.15) is 13.2 Å². The van der Waals surface area contributed by atoms with Crippen LogP contribution >= 0.6 is 34.5 Å². The molecular weight excluding hydrogens is 532 g/mol. The second-order valence-electron chi connectivity index (χ2n) is 7.07. The molecule has 1 amide bonds. The van der Waals surface area contributed by atoms with Crippen molar-refractivity contribution in [3.63, 3.8) is 0 Å². The summed E-state index contributed by atoms with van der Waals surface area (Å²) < 4.78 is 39.1. The van der Waals surface area contributed by atoms with Crippen molar-refractivity contribution in [3.8, 4) is 0 Å². The highest BCUT2D eigenvalue weighted by Gasteiger charge is 2.33. The van der Waals surface area contributed by atoms with E-state index < -0.39 is 34.9 Å². The van der Waals surface area contributed by atoms with Gasteiger partial charge in [0.25, 0.3) is 5.91 Å². The molecule has 5 N–H and O–H groups in total. The van der Waals surface area contributed by atoms with Crippen LogP contribution in [0, 0.1) is 0 Å². The van der Waals surface area contributed by atoms with Crippen LogP contribution in [0.3, 0.4) is 0 Å². The molecule has 0 bridgehead atoms. The molecule has 9 nitrogen and oxygen atoms in total. The Balaban J connectivity index is 1.68. The van der Waals surface area contributed by atoms with Crippen molar-refractivity contribution in [1.29, 1.82) is 0 Å². The molecule has 15 heteroatoms. The molecule has 0 saturated carbocycles. The molecule has 2 atom stereocenters. The van der Waals surface area contributed by atoms with Crippen LogP contribution in [0.15, 0.2) is 30.7 Å². The molecule has 35 heavy (non-hydrogen) atoms. The minimum absolute atomic E-state index is 0.0635. The maximum absolute atomic E-state index is 13.0. The molecule has 2 unspecified atom stereocenters. The number of hydrogen-bond acceptors (Lipinski definition) is 9. The molecule has 0 aliphatic rings. The minimum Gasteiger partial charge on any atom is -0.395 e. The summed E-state index contributed by atoms with van der Waals surface area (Å²) in [6.45, 7) is 1.74. The predicted molar refractivity (Wildman–Crippen MR) is 126 cm³/mol. The van der Waals surface area contributed by atoms with Crippen molar-refractivity contribution >= 4 is 52.0 Å². The monoisotopic (exact) mass is 550 g/mol. The second kappa shape index (κ2) is 11.5. The van der Waals surface area contributed by atoms with Gasteiger partial charge in [-0.05, 0) is 25.1 Å². The zero-order valence-corrected chi connectivity index (χ0v) is 20.2. The number of amides is 1. The predicted octanol–water partition coefficient (Wildman–Crippen LogP) is 4.26. The van der Waals surface area contributed by atoms with Crippen LogP contribution in [0.25, 0.3) is 0 Å². The largest absolute Gasteiger partial charge is 0.417 e. The van der Waals surface area contributed by atoms with E-state index in [1.807, 2.05) is 0 Å². The number of thiazole rings is 1. The van der Waals surface area contributed by atoms with Gasteiger partial charge >= 0.3 is 6.18 Å². The summed E-state index contributed by atoms with van der Waals surface area (Å²) in [7, 11) is 0. The summed E-state index contributed by atoms with van der Waals surface area (Å²) in [6.07, 6.45) is -3.51. The van der Waals surface area contributed by atoms with E-state index in [4.69, 9.17) is 28.3 Å². The number of anilines is 2. The van der Waals surface area contributed by atoms with E-state index in [1.165, 1.54) is 18.6 Å². The average molecular weight is 551 g/mol. The summed E-state index contributed by atoms with van der Waals surface area (Å²) in [4.78, 5) is 24.7.